The standard InChI is InChI=1S/C12H14IN3O2S/c1-8(16-12(14)11(13)7-15-16)9-3-5-10(6-4-9)19(2,17)18/h3-8H,14H2,1-2H3. The smallest absolute Gasteiger partial charge is 0.175 e. The summed E-state index contributed by atoms with van der Waals surface area (Å²) < 4.78 is 25.4. The molecule has 0 aliphatic carbocycles. The van der Waals surface area contributed by atoms with E-state index in [2.05, 4.69) is 27.7 Å². The highest BCUT2D eigenvalue weighted by molar-refractivity contribution is 14.1. The fourth-order valence-corrected chi connectivity index (χ4v) is 2.80. The van der Waals surface area contributed by atoms with Crippen molar-refractivity contribution in [2.45, 2.75) is 17.9 Å². The molecule has 7 heteroatoms. The molecule has 0 radical (unpaired) electrons. The normalized spacial score (nSPS) is 13.4. The molecule has 5 nitrogen and oxygen atoms in total. The third kappa shape index (κ3) is 2.92. The van der Waals surface area contributed by atoms with Gasteiger partial charge in [-0.15, -0.1) is 0 Å². The average molecular weight is 391 g/mol. The third-order valence-electron chi connectivity index (χ3n) is 2.94. The van der Waals surface area contributed by atoms with Crippen molar-refractivity contribution in [3.8, 4) is 0 Å². The van der Waals surface area contributed by atoms with Crippen LogP contribution in [0.25, 0.3) is 0 Å². The van der Waals surface area contributed by atoms with Crippen molar-refractivity contribution in [2.24, 2.45) is 0 Å². The molecule has 0 spiro atoms. The molecule has 0 saturated carbocycles. The van der Waals surface area contributed by atoms with Crippen molar-refractivity contribution in [2.75, 3.05) is 12.0 Å². The van der Waals surface area contributed by atoms with Crippen molar-refractivity contribution < 1.29 is 8.42 Å². The molecule has 2 N–H and O–H groups in total. The highest BCUT2D eigenvalue weighted by atomic mass is 127. The van der Waals surface area contributed by atoms with E-state index in [-0.39, 0.29) is 6.04 Å². The zero-order chi connectivity index (χ0) is 14.2. The third-order valence-corrected chi connectivity index (χ3v) is 4.90. The Hall–Kier alpha value is -1.09. The van der Waals surface area contributed by atoms with E-state index in [9.17, 15) is 8.42 Å². The lowest BCUT2D eigenvalue weighted by Gasteiger charge is -2.14. The number of nitrogens with two attached hydrogens (primary N) is 1. The van der Waals surface area contributed by atoms with Crippen LogP contribution in [-0.2, 0) is 9.84 Å². The number of anilines is 1. The van der Waals surface area contributed by atoms with Gasteiger partial charge in [-0.25, -0.2) is 13.1 Å². The summed E-state index contributed by atoms with van der Waals surface area (Å²) in [5.41, 5.74) is 6.89. The summed E-state index contributed by atoms with van der Waals surface area (Å²) in [5.74, 6) is 0.611. The van der Waals surface area contributed by atoms with E-state index >= 15 is 0 Å². The summed E-state index contributed by atoms with van der Waals surface area (Å²) in [4.78, 5) is 0.312. The highest BCUT2D eigenvalue weighted by Crippen LogP contribution is 2.24. The molecule has 19 heavy (non-hydrogen) atoms. The number of aromatic nitrogens is 2. The van der Waals surface area contributed by atoms with E-state index in [4.69, 9.17) is 5.73 Å². The molecule has 1 aromatic carbocycles. The number of nitrogen functional groups attached to an aromatic ring is 1. The van der Waals surface area contributed by atoms with Crippen LogP contribution in [0.4, 0.5) is 5.82 Å². The second kappa shape index (κ2) is 5.12. The van der Waals surface area contributed by atoms with Crippen molar-refractivity contribution >= 4 is 38.2 Å². The molecule has 0 aliphatic heterocycles. The summed E-state index contributed by atoms with van der Waals surface area (Å²) in [6, 6.07) is 6.74. The lowest BCUT2D eigenvalue weighted by atomic mass is 10.1. The largest absolute Gasteiger partial charge is 0.383 e. The summed E-state index contributed by atoms with van der Waals surface area (Å²) >= 11 is 2.13. The van der Waals surface area contributed by atoms with Gasteiger partial charge in [0.1, 0.15) is 5.82 Å². The van der Waals surface area contributed by atoms with Gasteiger partial charge in [0.05, 0.1) is 20.7 Å². The van der Waals surface area contributed by atoms with Crippen molar-refractivity contribution in [3.05, 3.63) is 39.6 Å². The Bertz CT molecular complexity index is 692. The number of hydrogen-bond acceptors (Lipinski definition) is 4. The molecular formula is C12H14IN3O2S. The maximum Gasteiger partial charge on any atom is 0.175 e. The van der Waals surface area contributed by atoms with Crippen LogP contribution in [0.5, 0.6) is 0 Å². The van der Waals surface area contributed by atoms with Crippen LogP contribution in [0.1, 0.15) is 18.5 Å². The second-order valence-electron chi connectivity index (χ2n) is 4.34. The maximum absolute atomic E-state index is 11.4. The lowest BCUT2D eigenvalue weighted by molar-refractivity contribution is 0.572. The first kappa shape index (κ1) is 14.3. The molecule has 0 saturated heterocycles. The van der Waals surface area contributed by atoms with Crippen LogP contribution in [0, 0.1) is 3.57 Å². The van der Waals surface area contributed by atoms with Crippen LogP contribution < -0.4 is 5.73 Å². The summed E-state index contributed by atoms with van der Waals surface area (Å²) in [6.45, 7) is 1.97. The van der Waals surface area contributed by atoms with Gasteiger partial charge in [-0.1, -0.05) is 12.1 Å². The molecule has 1 aromatic heterocycles. The first-order chi connectivity index (χ1) is 8.80. The van der Waals surface area contributed by atoms with Gasteiger partial charge < -0.3 is 5.73 Å². The monoisotopic (exact) mass is 391 g/mol. The van der Waals surface area contributed by atoms with Gasteiger partial charge in [-0.05, 0) is 47.2 Å². The molecule has 0 aliphatic rings. The van der Waals surface area contributed by atoms with Gasteiger partial charge in [-0.2, -0.15) is 5.10 Å². The highest BCUT2D eigenvalue weighted by Gasteiger charge is 2.14. The Labute approximate surface area is 125 Å². The second-order valence-corrected chi connectivity index (χ2v) is 7.52. The van der Waals surface area contributed by atoms with Crippen LogP contribution in [0.15, 0.2) is 35.4 Å². The molecule has 1 atom stereocenters. The van der Waals surface area contributed by atoms with Crippen molar-refractivity contribution in [1.82, 2.24) is 9.78 Å². The topological polar surface area (TPSA) is 78.0 Å². The SMILES string of the molecule is CC(c1ccc(S(C)(=O)=O)cc1)n1ncc(I)c1N. The Morgan fingerprint density at radius 3 is 2.32 bits per heavy atom. The van der Waals surface area contributed by atoms with E-state index in [1.165, 1.54) is 6.26 Å². The number of benzene rings is 1. The van der Waals surface area contributed by atoms with E-state index in [1.54, 1.807) is 35.1 Å². The van der Waals surface area contributed by atoms with Crippen LogP contribution in [-0.4, -0.2) is 24.5 Å². The van der Waals surface area contributed by atoms with Crippen molar-refractivity contribution in [1.29, 1.82) is 0 Å². The Kier molecular flexibility index (Phi) is 3.86. The lowest BCUT2D eigenvalue weighted by Crippen LogP contribution is -2.12. The number of rotatable bonds is 3. The maximum atomic E-state index is 11.4. The van der Waals surface area contributed by atoms with Crippen LogP contribution >= 0.6 is 22.6 Å². The quantitative estimate of drug-likeness (QED) is 0.813. The number of halogens is 1. The van der Waals surface area contributed by atoms with Gasteiger partial charge in [0.15, 0.2) is 9.84 Å². The van der Waals surface area contributed by atoms with Gasteiger partial charge >= 0.3 is 0 Å². The fourth-order valence-electron chi connectivity index (χ4n) is 1.79. The minimum Gasteiger partial charge on any atom is -0.383 e. The van der Waals surface area contributed by atoms with Gasteiger partial charge in [0, 0.05) is 6.26 Å². The molecule has 102 valence electrons. The van der Waals surface area contributed by atoms with E-state index in [0.717, 1.165) is 9.13 Å². The Balaban J connectivity index is 2.35. The van der Waals surface area contributed by atoms with E-state index in [0.29, 0.717) is 10.7 Å². The number of hydrogen-bond donors (Lipinski definition) is 1. The molecule has 0 fully saturated rings. The molecule has 0 bridgehead atoms. The van der Waals surface area contributed by atoms with E-state index < -0.39 is 9.84 Å². The molecule has 2 aromatic rings. The molecular weight excluding hydrogens is 377 g/mol. The van der Waals surface area contributed by atoms with Gasteiger partial charge in [0.25, 0.3) is 0 Å². The first-order valence-electron chi connectivity index (χ1n) is 5.59. The molecule has 0 amide bonds. The number of sulfone groups is 1. The summed E-state index contributed by atoms with van der Waals surface area (Å²) in [7, 11) is -3.16. The van der Waals surface area contributed by atoms with Crippen molar-refractivity contribution in [3.63, 3.8) is 0 Å². The van der Waals surface area contributed by atoms with Crippen LogP contribution in [0.2, 0.25) is 0 Å². The van der Waals surface area contributed by atoms with Gasteiger partial charge in [0.2, 0.25) is 0 Å². The van der Waals surface area contributed by atoms with Crippen LogP contribution in [0.3, 0.4) is 0 Å². The number of nitrogens with zero attached hydrogens (tertiary/aromatic N) is 2. The molecule has 1 unspecified atom stereocenters. The van der Waals surface area contributed by atoms with E-state index in [1.807, 2.05) is 6.92 Å². The minimum atomic E-state index is -3.16. The molecule has 2 rings (SSSR count). The zero-order valence-corrected chi connectivity index (χ0v) is 13.5. The zero-order valence-electron chi connectivity index (χ0n) is 10.5. The average Bonchev–Trinajstić information content (AvgIpc) is 2.68. The summed E-state index contributed by atoms with van der Waals surface area (Å²) in [6.07, 6.45) is 2.90. The fraction of sp³-hybridized carbons (Fsp3) is 0.250. The Morgan fingerprint density at radius 1 is 1.32 bits per heavy atom. The Morgan fingerprint density at radius 2 is 1.89 bits per heavy atom. The molecule has 1 heterocycles. The summed E-state index contributed by atoms with van der Waals surface area (Å²) in [5, 5.41) is 4.23. The predicted octanol–water partition coefficient (Wildman–Crippen LogP) is 2.08. The minimum absolute atomic E-state index is 0.0443. The first-order valence-corrected chi connectivity index (χ1v) is 8.56. The van der Waals surface area contributed by atoms with Gasteiger partial charge in [-0.3, -0.25) is 0 Å². The predicted molar refractivity (Wildman–Crippen MR) is 82.7 cm³/mol.